The Kier molecular flexibility index (Phi) is 24.6. The molecule has 0 bridgehead atoms. The molecule has 35 nitrogen and oxygen atoms in total. The summed E-state index contributed by atoms with van der Waals surface area (Å²) in [6.45, 7) is 39.3. The van der Waals surface area contributed by atoms with Crippen molar-refractivity contribution in [2.45, 2.75) is 126 Å². The van der Waals surface area contributed by atoms with Gasteiger partial charge in [0.2, 0.25) is 0 Å². The minimum absolute atomic E-state index is 0. The molecule has 9 N–H and O–H groups in total. The summed E-state index contributed by atoms with van der Waals surface area (Å²) >= 11 is 0. The van der Waals surface area contributed by atoms with Crippen molar-refractivity contribution in [3.05, 3.63) is 206 Å². The summed E-state index contributed by atoms with van der Waals surface area (Å²) in [5.74, 6) is 1.21. The fourth-order valence-electron chi connectivity index (χ4n) is 16.0. The van der Waals surface area contributed by atoms with Crippen molar-refractivity contribution >= 4 is 107 Å². The Morgan fingerprint density at radius 1 is 0.525 bits per heavy atom. The Morgan fingerprint density at radius 3 is 1.36 bits per heavy atom. The largest absolute Gasteiger partial charge is 0.481 e. The number of hydrogen-bond donors (Lipinski definition) is 9. The molecule has 1 unspecified atom stereocenters. The number of carbonyl (C=O) groups is 2. The summed E-state index contributed by atoms with van der Waals surface area (Å²) in [6, 6.07) is 18.1. The molecule has 4 aromatic carbocycles. The highest BCUT2D eigenvalue weighted by Crippen LogP contribution is 2.41. The van der Waals surface area contributed by atoms with Gasteiger partial charge in [0.25, 0.3) is 27.8 Å². The first-order valence-corrected chi connectivity index (χ1v) is 39.0. The fraction of sp³-hybridized carbons (Fsp3) is 0.398. The van der Waals surface area contributed by atoms with Crippen molar-refractivity contribution in [1.82, 2.24) is 85.7 Å². The molecule has 3 fully saturated rings. The quantitative estimate of drug-likeness (QED) is 0.0524. The second-order valence-corrected chi connectivity index (χ2v) is 30.8. The van der Waals surface area contributed by atoms with Gasteiger partial charge in [-0.3, -0.25) is 38.5 Å². The molecule has 1 aliphatic carbocycles. The van der Waals surface area contributed by atoms with Gasteiger partial charge in [-0.1, -0.05) is 45.4 Å². The molecule has 10 aromatic rings. The van der Waals surface area contributed by atoms with E-state index >= 15 is 0 Å². The normalized spacial score (nSPS) is 17.2. The van der Waals surface area contributed by atoms with Crippen LogP contribution in [0, 0.1) is 67.2 Å². The molecule has 118 heavy (non-hydrogen) atoms. The summed E-state index contributed by atoms with van der Waals surface area (Å²) in [4.78, 5) is 145. The number of hydrogen-bond acceptors (Lipinski definition) is 27. The van der Waals surface area contributed by atoms with E-state index in [-0.39, 0.29) is 69.2 Å². The molecular weight excluding hydrogens is 1510 g/mol. The first-order chi connectivity index (χ1) is 56.0. The lowest BCUT2D eigenvalue weighted by molar-refractivity contribution is -0.143. The van der Waals surface area contributed by atoms with Crippen LogP contribution in [0.3, 0.4) is 0 Å². The van der Waals surface area contributed by atoms with Crippen molar-refractivity contribution in [1.29, 1.82) is 0 Å². The highest BCUT2D eigenvalue weighted by atomic mass is 16.5. The van der Waals surface area contributed by atoms with Gasteiger partial charge in [-0.15, -0.1) is 10.2 Å². The third-order valence-corrected chi connectivity index (χ3v) is 22.8. The molecule has 17 rings (SSSR count). The number of likely N-dealkylation sites (tertiary alicyclic amines) is 2. The van der Waals surface area contributed by atoms with Crippen LogP contribution in [0.15, 0.2) is 103 Å². The minimum atomic E-state index is -0.740. The summed E-state index contributed by atoms with van der Waals surface area (Å²) in [5, 5.41) is 39.8. The molecule has 0 amide bonds. The number of aromatic amines is 6. The van der Waals surface area contributed by atoms with E-state index < -0.39 is 11.9 Å². The first-order valence-electron chi connectivity index (χ1n) is 39.0. The van der Waals surface area contributed by atoms with E-state index in [0.29, 0.717) is 128 Å². The number of nitrogens with zero attached hydrogens (tertiary/aromatic N) is 18. The maximum atomic E-state index is 12.6. The van der Waals surface area contributed by atoms with E-state index in [1.165, 1.54) is 11.6 Å². The van der Waals surface area contributed by atoms with Gasteiger partial charge in [0.15, 0.2) is 56.3 Å². The highest BCUT2D eigenvalue weighted by Gasteiger charge is 2.37. The molecule has 6 aromatic heterocycles. The molecule has 12 heterocycles. The van der Waals surface area contributed by atoms with Gasteiger partial charge in [-0.2, -0.15) is 10.4 Å². The van der Waals surface area contributed by atoms with Gasteiger partial charge in [0.1, 0.15) is 21.9 Å². The van der Waals surface area contributed by atoms with E-state index in [0.717, 1.165) is 148 Å². The number of aromatic nitrogens is 13. The van der Waals surface area contributed by atoms with Gasteiger partial charge in [-0.25, -0.2) is 39.9 Å². The van der Waals surface area contributed by atoms with Crippen molar-refractivity contribution in [2.24, 2.45) is 31.8 Å². The van der Waals surface area contributed by atoms with Crippen LogP contribution in [0.2, 0.25) is 0 Å². The number of carboxylic acids is 2. The number of aryl methyl sites for hydroxylation is 8. The zero-order valence-corrected chi connectivity index (χ0v) is 67.0. The number of aliphatic carboxylic acids is 2. The molecule has 7 aliphatic rings. The fourth-order valence-corrected chi connectivity index (χ4v) is 16.0. The second-order valence-electron chi connectivity index (χ2n) is 30.8. The monoisotopic (exact) mass is 1610 g/mol. The molecule has 0 radical (unpaired) electrons. The van der Waals surface area contributed by atoms with Gasteiger partial charge < -0.3 is 69.4 Å². The molecule has 1 saturated carbocycles. The Bertz CT molecular complexity index is 6380. The van der Waals surface area contributed by atoms with E-state index in [2.05, 4.69) is 169 Å². The average molecular weight is 1610 g/mol. The Morgan fingerprint density at radius 2 is 0.958 bits per heavy atom. The number of nitrogens with one attached hydrogen (secondary N) is 7. The van der Waals surface area contributed by atoms with Crippen LogP contribution in [-0.4, -0.2) is 194 Å². The van der Waals surface area contributed by atoms with Crippen LogP contribution in [0.5, 0.6) is 0 Å². The Labute approximate surface area is 676 Å². The molecule has 35 heteroatoms. The highest BCUT2D eigenvalue weighted by molar-refractivity contribution is 5.81. The lowest BCUT2D eigenvalue weighted by atomic mass is 10.0. The SMILES string of the molecule is C.C=c1nc2c(c(=O)[nH]1)=Nc1cc(C)c(C)cc1N2CCN(C)[C@H]1CCC[C@H]1C(=O)O.C=c1nc2c(c(=O)[nH]1)=Nc1cc(C)c(C)cc1N2CCN1CCC(C(=O)O)C1.C=c1nc2c(c(=O)[nH]1)=Nc1cc(C)c(C)cc1N2CCN1CCC[C@@H]1Cc1nn[nH]n1.C=c1nc2c(c(=O)[nH]1)=Nc1cc(C)c(C)cc1N2CCNCc1cc(=O)[nH]o1. The lowest BCUT2D eigenvalue weighted by Crippen LogP contribution is -2.46. The van der Waals surface area contributed by atoms with E-state index in [1.54, 1.807) is 0 Å². The number of rotatable bonds is 19. The van der Waals surface area contributed by atoms with Gasteiger partial charge in [0.05, 0.1) is 63.9 Å². The lowest BCUT2D eigenvalue weighted by Gasteiger charge is -2.33. The zero-order valence-electron chi connectivity index (χ0n) is 67.0. The molecular formula is C83H99N25O10. The van der Waals surface area contributed by atoms with Crippen molar-refractivity contribution < 1.29 is 24.3 Å². The van der Waals surface area contributed by atoms with Crippen molar-refractivity contribution in [2.75, 3.05) is 98.6 Å². The van der Waals surface area contributed by atoms with E-state index in [4.69, 9.17) is 4.52 Å². The van der Waals surface area contributed by atoms with Crippen molar-refractivity contribution in [3.8, 4) is 0 Å². The first kappa shape index (κ1) is 83.1. The van der Waals surface area contributed by atoms with E-state index in [9.17, 15) is 43.8 Å². The minimum Gasteiger partial charge on any atom is -0.481 e. The molecule has 0 spiro atoms. The number of anilines is 8. The number of carboxylic acid groups (broad SMARTS) is 2. The average Bonchev–Trinajstić information content (AvgIpc) is 0.868. The maximum absolute atomic E-state index is 12.6. The third-order valence-electron chi connectivity index (χ3n) is 22.8. The van der Waals surface area contributed by atoms with Crippen LogP contribution in [0.4, 0.5) is 68.8 Å². The van der Waals surface area contributed by atoms with Gasteiger partial charge in [-0.05, 0) is 201 Å². The number of likely N-dealkylation sites (N-methyl/N-ethyl adjacent to an activating group) is 1. The summed E-state index contributed by atoms with van der Waals surface area (Å²) in [6.07, 6.45) is 6.23. The van der Waals surface area contributed by atoms with Crippen LogP contribution < -0.4 is 96.1 Å². The smallest absolute Gasteiger partial charge is 0.308 e. The summed E-state index contributed by atoms with van der Waals surface area (Å²) in [5.41, 5.74) is 15.5. The number of tetrazole rings is 1. The summed E-state index contributed by atoms with van der Waals surface area (Å²) in [7, 11) is 1.97. The molecule has 616 valence electrons. The maximum Gasteiger partial charge on any atom is 0.308 e. The molecule has 4 atom stereocenters. The van der Waals surface area contributed by atoms with Crippen LogP contribution >= 0.6 is 0 Å². The number of fused-ring (bicyclic) bond motifs is 8. The van der Waals surface area contributed by atoms with Gasteiger partial charge >= 0.3 is 11.9 Å². The van der Waals surface area contributed by atoms with Crippen LogP contribution in [0.1, 0.15) is 102 Å². The standard InChI is InChI=1S/C22H27N5O3.C21H25N9O.C20H23N5O3.C19H20N6O3.CH4/c1-12-10-16-18(11-13(12)2)27(20-19(25-16)21(28)24-14(3)23-20)9-8-26(4)17-7-5-6-15(17)22(29)30;1-12-9-16-17(10-13(12)2)30(20-19(24-16)21(31)23-14(3)22-20)8-7-29-6-4-5-15(29)11-18-25-27-28-26-18;1-11-8-15-16(9-12(11)2)25(7-6-24-5-4-14(10-24)20(27)28)18-17(23-15)19(26)22-13(3)21-18;1-10-6-14-15(7-11(10)2)25(5-4-20-9-13-8-16(26)24-28-13)18-17(23-14)19(27)22-12(3)21-18;/h10-11,15,17H,3,5-9H2,1-2,4H3,(H,24,28)(H,29,30);9-10,15H,3-8,11H2,1-2H3,(H,23,31)(H,25,26,27,28);8-9,14H,3-7,10H2,1-2H3,(H,22,26)(H,27,28);6-8,20H,3-5,9H2,1-2H3,(H,22,27)(H,24,26);1H4/t15-,17+;15-;;;/m11.../s1. The molecule has 2 saturated heterocycles. The summed E-state index contributed by atoms with van der Waals surface area (Å²) < 4.78 is 5.03. The predicted octanol–water partition coefficient (Wildman–Crippen LogP) is 3.32. The molecule has 6 aliphatic heterocycles. The number of benzene rings is 4. The second kappa shape index (κ2) is 34.9. The zero-order chi connectivity index (χ0) is 82.9. The van der Waals surface area contributed by atoms with Gasteiger partial charge in [0, 0.05) is 83.5 Å². The topological polar surface area (TPSA) is 442 Å². The predicted molar refractivity (Wildman–Crippen MR) is 449 cm³/mol. The Hall–Kier alpha value is -12.9. The van der Waals surface area contributed by atoms with Crippen LogP contribution in [-0.2, 0) is 22.6 Å². The van der Waals surface area contributed by atoms with Crippen molar-refractivity contribution in [3.63, 3.8) is 0 Å². The third kappa shape index (κ3) is 17.8. The Balaban J connectivity index is 0.000000136. The van der Waals surface area contributed by atoms with E-state index in [1.807, 2.05) is 93.6 Å². The van der Waals surface area contributed by atoms with Crippen LogP contribution in [0.25, 0.3) is 26.3 Å². The number of H-pyrrole nitrogens is 6.